The summed E-state index contributed by atoms with van der Waals surface area (Å²) in [5, 5.41) is 10.2. The van der Waals surface area contributed by atoms with Crippen molar-refractivity contribution in [3.8, 4) is 5.75 Å². The van der Waals surface area contributed by atoms with Gasteiger partial charge in [-0.2, -0.15) is 0 Å². The maximum absolute atomic E-state index is 9.77. The van der Waals surface area contributed by atoms with Crippen molar-refractivity contribution in [1.29, 1.82) is 0 Å². The van der Waals surface area contributed by atoms with Crippen LogP contribution in [0.5, 0.6) is 5.75 Å². The molecule has 0 aromatic heterocycles. The van der Waals surface area contributed by atoms with E-state index < -0.39 is 0 Å². The van der Waals surface area contributed by atoms with Gasteiger partial charge in [-0.1, -0.05) is 37.6 Å². The Labute approximate surface area is 88.7 Å². The van der Waals surface area contributed by atoms with Gasteiger partial charge < -0.3 is 10.8 Å². The molecule has 0 aliphatic heterocycles. The summed E-state index contributed by atoms with van der Waals surface area (Å²) in [6, 6.07) is 5.53. The predicted molar refractivity (Wildman–Crippen MR) is 57.6 cm³/mol. The summed E-state index contributed by atoms with van der Waals surface area (Å²) in [4.78, 5) is 0. The molecule has 2 rings (SSSR count). The molecular formula is C11H14ClNO. The largest absolute Gasteiger partial charge is 0.506 e. The summed E-state index contributed by atoms with van der Waals surface area (Å²) in [5.41, 5.74) is 6.88. The Hall–Kier alpha value is -0.730. The van der Waals surface area contributed by atoms with E-state index in [0.717, 1.165) is 5.56 Å². The summed E-state index contributed by atoms with van der Waals surface area (Å²) in [7, 11) is 0. The van der Waals surface area contributed by atoms with Crippen LogP contribution in [0.3, 0.4) is 0 Å². The quantitative estimate of drug-likeness (QED) is 0.750. The van der Waals surface area contributed by atoms with Gasteiger partial charge in [0.2, 0.25) is 0 Å². The minimum atomic E-state index is 0.0716. The third-order valence-electron chi connectivity index (χ3n) is 3.26. The molecule has 3 N–H and O–H groups in total. The van der Waals surface area contributed by atoms with Crippen LogP contribution in [-0.2, 0) is 0 Å². The second-order valence-corrected chi connectivity index (χ2v) is 4.91. The van der Waals surface area contributed by atoms with E-state index in [9.17, 15) is 5.11 Å². The zero-order valence-corrected chi connectivity index (χ0v) is 9.05. The molecule has 0 amide bonds. The van der Waals surface area contributed by atoms with E-state index in [2.05, 4.69) is 13.8 Å². The highest BCUT2D eigenvalue weighted by Crippen LogP contribution is 2.59. The van der Waals surface area contributed by atoms with Crippen LogP contribution in [0.4, 0.5) is 0 Å². The number of phenols is 1. The molecule has 0 heterocycles. The Bertz CT molecular complexity index is 376. The molecule has 1 aromatic carbocycles. The fraction of sp³-hybridized carbons (Fsp3) is 0.455. The molecule has 2 nitrogen and oxygen atoms in total. The molecule has 1 aliphatic carbocycles. The number of nitrogens with two attached hydrogens (primary N) is 1. The van der Waals surface area contributed by atoms with Crippen LogP contribution < -0.4 is 5.73 Å². The first-order chi connectivity index (χ1) is 6.46. The maximum atomic E-state index is 9.77. The van der Waals surface area contributed by atoms with Gasteiger partial charge in [-0.15, -0.1) is 0 Å². The van der Waals surface area contributed by atoms with Crippen LogP contribution >= 0.6 is 11.6 Å². The van der Waals surface area contributed by atoms with Crippen LogP contribution in [0.2, 0.25) is 5.02 Å². The molecular weight excluding hydrogens is 198 g/mol. The number of rotatable bonds is 1. The number of halogens is 1. The van der Waals surface area contributed by atoms with Gasteiger partial charge in [0.05, 0.1) is 5.02 Å². The summed E-state index contributed by atoms with van der Waals surface area (Å²) >= 11 is 5.84. The number of hydrogen-bond donors (Lipinski definition) is 2. The van der Waals surface area contributed by atoms with Crippen molar-refractivity contribution in [3.05, 3.63) is 28.8 Å². The van der Waals surface area contributed by atoms with Crippen molar-refractivity contribution in [2.75, 3.05) is 0 Å². The minimum absolute atomic E-state index is 0.0716. The van der Waals surface area contributed by atoms with Crippen LogP contribution in [0.25, 0.3) is 0 Å². The van der Waals surface area contributed by atoms with Crippen LogP contribution in [0, 0.1) is 5.41 Å². The topological polar surface area (TPSA) is 46.2 Å². The average molecular weight is 212 g/mol. The number of aromatic hydroxyl groups is 1. The fourth-order valence-corrected chi connectivity index (χ4v) is 2.24. The van der Waals surface area contributed by atoms with E-state index in [1.165, 1.54) is 0 Å². The Balaban J connectivity index is 2.40. The average Bonchev–Trinajstić information content (AvgIpc) is 2.59. The first-order valence-electron chi connectivity index (χ1n) is 4.69. The first kappa shape index (κ1) is 9.81. The molecule has 0 bridgehead atoms. The monoisotopic (exact) mass is 211 g/mol. The van der Waals surface area contributed by atoms with Gasteiger partial charge in [0.1, 0.15) is 5.75 Å². The lowest BCUT2D eigenvalue weighted by atomic mass is 10.0. The number of para-hydroxylation sites is 1. The van der Waals surface area contributed by atoms with E-state index in [1.807, 2.05) is 12.1 Å². The van der Waals surface area contributed by atoms with Gasteiger partial charge in [-0.25, -0.2) is 0 Å². The Morgan fingerprint density at radius 3 is 2.50 bits per heavy atom. The molecule has 1 fully saturated rings. The zero-order valence-electron chi connectivity index (χ0n) is 8.29. The summed E-state index contributed by atoms with van der Waals surface area (Å²) in [5.74, 6) is 0.404. The first-order valence-corrected chi connectivity index (χ1v) is 5.07. The van der Waals surface area contributed by atoms with Crippen molar-refractivity contribution in [2.24, 2.45) is 11.1 Å². The lowest BCUT2D eigenvalue weighted by molar-refractivity contribution is 0.464. The van der Waals surface area contributed by atoms with Crippen molar-refractivity contribution in [1.82, 2.24) is 0 Å². The zero-order chi connectivity index (χ0) is 10.5. The Morgan fingerprint density at radius 1 is 1.43 bits per heavy atom. The third-order valence-corrected chi connectivity index (χ3v) is 3.57. The molecule has 1 saturated carbocycles. The lowest BCUT2D eigenvalue weighted by Gasteiger charge is -2.06. The summed E-state index contributed by atoms with van der Waals surface area (Å²) in [6.07, 6.45) is 0. The van der Waals surface area contributed by atoms with Crippen molar-refractivity contribution in [2.45, 2.75) is 25.8 Å². The maximum Gasteiger partial charge on any atom is 0.137 e. The van der Waals surface area contributed by atoms with E-state index >= 15 is 0 Å². The number of phenolic OH excluding ortho intramolecular Hbond substituents is 1. The van der Waals surface area contributed by atoms with Gasteiger partial charge in [0.25, 0.3) is 0 Å². The molecule has 76 valence electrons. The fourth-order valence-electron chi connectivity index (χ4n) is 2.05. The number of hydrogen-bond acceptors (Lipinski definition) is 2. The van der Waals surface area contributed by atoms with Gasteiger partial charge in [-0.05, 0) is 11.5 Å². The van der Waals surface area contributed by atoms with E-state index in [4.69, 9.17) is 17.3 Å². The predicted octanol–water partition coefficient (Wildman–Crippen LogP) is 2.50. The normalized spacial score (nSPS) is 28.9. The van der Waals surface area contributed by atoms with Gasteiger partial charge in [0.15, 0.2) is 0 Å². The van der Waals surface area contributed by atoms with Crippen molar-refractivity contribution in [3.63, 3.8) is 0 Å². The summed E-state index contributed by atoms with van der Waals surface area (Å²) in [6.45, 7) is 4.20. The molecule has 0 spiro atoms. The number of benzene rings is 1. The van der Waals surface area contributed by atoms with Crippen LogP contribution in [-0.4, -0.2) is 11.1 Å². The van der Waals surface area contributed by atoms with E-state index in [1.54, 1.807) is 6.07 Å². The molecule has 14 heavy (non-hydrogen) atoms. The molecule has 2 unspecified atom stereocenters. The summed E-state index contributed by atoms with van der Waals surface area (Å²) < 4.78 is 0. The van der Waals surface area contributed by atoms with Crippen LogP contribution in [0.15, 0.2) is 18.2 Å². The lowest BCUT2D eigenvalue weighted by Crippen LogP contribution is -2.06. The Kier molecular flexibility index (Phi) is 2.02. The highest BCUT2D eigenvalue weighted by Gasteiger charge is 2.57. The smallest absolute Gasteiger partial charge is 0.137 e. The molecule has 0 radical (unpaired) electrons. The Morgan fingerprint density at radius 2 is 2.00 bits per heavy atom. The highest BCUT2D eigenvalue weighted by atomic mass is 35.5. The van der Waals surface area contributed by atoms with Gasteiger partial charge in [0, 0.05) is 17.5 Å². The molecule has 0 saturated heterocycles. The van der Waals surface area contributed by atoms with Crippen molar-refractivity contribution >= 4 is 11.6 Å². The van der Waals surface area contributed by atoms with Gasteiger partial charge >= 0.3 is 0 Å². The second-order valence-electron chi connectivity index (χ2n) is 4.50. The molecule has 1 aliphatic rings. The SMILES string of the molecule is CC1(C)C(N)C1c1cccc(Cl)c1O. The van der Waals surface area contributed by atoms with Crippen LogP contribution in [0.1, 0.15) is 25.3 Å². The van der Waals surface area contributed by atoms with Gasteiger partial charge in [-0.3, -0.25) is 0 Å². The highest BCUT2D eigenvalue weighted by molar-refractivity contribution is 6.32. The second kappa shape index (κ2) is 2.88. The minimum Gasteiger partial charge on any atom is -0.506 e. The van der Waals surface area contributed by atoms with Crippen molar-refractivity contribution < 1.29 is 5.11 Å². The molecule has 1 aromatic rings. The van der Waals surface area contributed by atoms with E-state index in [0.29, 0.717) is 5.02 Å². The third kappa shape index (κ3) is 1.22. The molecule has 3 heteroatoms. The standard InChI is InChI=1S/C11H14ClNO/c1-11(2)8(10(11)13)6-4-3-5-7(12)9(6)14/h3-5,8,10,14H,13H2,1-2H3. The molecule has 2 atom stereocenters. The van der Waals surface area contributed by atoms with E-state index in [-0.39, 0.29) is 23.1 Å².